The number of thioether (sulfide) groups is 1. The zero-order chi connectivity index (χ0) is 21.9. The number of alkyl halides is 2. The van der Waals surface area contributed by atoms with E-state index in [9.17, 15) is 28.9 Å². The highest BCUT2D eigenvalue weighted by atomic mass is 32.2. The molecule has 0 aromatic carbocycles. The number of hydrogen-bond acceptors (Lipinski definition) is 7. The average Bonchev–Trinajstić information content (AvgIpc) is 3.12. The van der Waals surface area contributed by atoms with Gasteiger partial charge in [-0.1, -0.05) is 13.8 Å². The van der Waals surface area contributed by atoms with Crippen molar-refractivity contribution in [2.24, 2.45) is 11.8 Å². The molecular weight excluding hydrogens is 406 g/mol. The first-order valence-corrected chi connectivity index (χ1v) is 11.4. The van der Waals surface area contributed by atoms with Crippen molar-refractivity contribution in [1.82, 2.24) is 10.6 Å². The summed E-state index contributed by atoms with van der Waals surface area (Å²) in [6.45, 7) is 5.12. The van der Waals surface area contributed by atoms with Gasteiger partial charge in [0.05, 0.1) is 12.1 Å². The summed E-state index contributed by atoms with van der Waals surface area (Å²) in [4.78, 5) is 12.8. The average molecular weight is 441 g/mol. The lowest BCUT2D eigenvalue weighted by Gasteiger charge is -2.44. The lowest BCUT2D eigenvalue weighted by atomic mass is 9.88. The van der Waals surface area contributed by atoms with E-state index in [1.165, 1.54) is 11.8 Å². The van der Waals surface area contributed by atoms with Gasteiger partial charge in [0.15, 0.2) is 0 Å². The van der Waals surface area contributed by atoms with Crippen LogP contribution in [0, 0.1) is 11.8 Å². The number of halogens is 2. The fraction of sp³-hybridized carbons (Fsp3) is 0.947. The van der Waals surface area contributed by atoms with Crippen molar-refractivity contribution in [3.05, 3.63) is 0 Å². The lowest BCUT2D eigenvalue weighted by molar-refractivity contribution is -0.208. The fourth-order valence-corrected chi connectivity index (χ4v) is 4.62. The summed E-state index contributed by atoms with van der Waals surface area (Å²) in [6.07, 6.45) is -2.51. The van der Waals surface area contributed by atoms with Gasteiger partial charge in [0.1, 0.15) is 29.9 Å². The van der Waals surface area contributed by atoms with Gasteiger partial charge in [0.25, 0.3) is 0 Å². The third kappa shape index (κ3) is 6.48. The largest absolute Gasteiger partial charge is 0.388 e. The van der Waals surface area contributed by atoms with Gasteiger partial charge in [-0.2, -0.15) is 0 Å². The molecule has 29 heavy (non-hydrogen) atoms. The predicted octanol–water partition coefficient (Wildman–Crippen LogP) is 0.711. The van der Waals surface area contributed by atoms with Crippen molar-refractivity contribution < 1.29 is 33.6 Å². The minimum absolute atomic E-state index is 0.00318. The van der Waals surface area contributed by atoms with Crippen LogP contribution in [0.3, 0.4) is 0 Å². The zero-order valence-corrected chi connectivity index (χ0v) is 18.2. The SMILES string of the molecule is CS[C@H]1O[C@H]([C@H](NC(=O)[C@@H]2C[C@@H](CCC(C)(F)F)CN2)C(C)C)[C@H](O)[C@H](O)[C@H]1O. The topological polar surface area (TPSA) is 111 Å². The van der Waals surface area contributed by atoms with Gasteiger partial charge in [-0.05, 0) is 44.4 Å². The highest BCUT2D eigenvalue weighted by molar-refractivity contribution is 7.99. The smallest absolute Gasteiger partial charge is 0.245 e. The second-order valence-corrected chi connectivity index (χ2v) is 9.56. The standard InChI is InChI=1S/C19H34F2N2O5S/c1-9(2)12(16-14(25)13(24)15(26)18(28-16)29-4)23-17(27)11-7-10(8-22-11)5-6-19(3,20)21/h9-16,18,22,24-26H,5-8H2,1-4H3,(H,23,27)/t10-,11+,12-,13+,14-,15-,16-,18-/m1/s1. The minimum atomic E-state index is -2.71. The molecule has 0 saturated carbocycles. The van der Waals surface area contributed by atoms with Gasteiger partial charge < -0.3 is 30.7 Å². The fourth-order valence-electron chi connectivity index (χ4n) is 3.94. The van der Waals surface area contributed by atoms with Gasteiger partial charge in [-0.25, -0.2) is 8.78 Å². The first kappa shape index (κ1) is 24.7. The van der Waals surface area contributed by atoms with Crippen LogP contribution in [-0.2, 0) is 9.53 Å². The molecule has 10 heteroatoms. The van der Waals surface area contributed by atoms with Gasteiger partial charge in [0, 0.05) is 6.42 Å². The predicted molar refractivity (Wildman–Crippen MR) is 107 cm³/mol. The van der Waals surface area contributed by atoms with E-state index in [0.29, 0.717) is 19.4 Å². The van der Waals surface area contributed by atoms with Crippen LogP contribution in [0.15, 0.2) is 0 Å². The van der Waals surface area contributed by atoms with Crippen LogP contribution in [0.5, 0.6) is 0 Å². The molecule has 0 bridgehead atoms. The van der Waals surface area contributed by atoms with Crippen molar-refractivity contribution in [3.8, 4) is 0 Å². The molecule has 0 aromatic heterocycles. The quantitative estimate of drug-likeness (QED) is 0.378. The first-order chi connectivity index (χ1) is 13.4. The summed E-state index contributed by atoms with van der Waals surface area (Å²) in [5, 5.41) is 36.6. The molecule has 2 saturated heterocycles. The Hall–Kier alpha value is -0.520. The summed E-state index contributed by atoms with van der Waals surface area (Å²) >= 11 is 1.21. The number of rotatable bonds is 8. The Bertz CT molecular complexity index is 549. The van der Waals surface area contributed by atoms with Gasteiger partial charge in [0.2, 0.25) is 11.8 Å². The Kier molecular flexibility index (Phi) is 8.70. The summed E-state index contributed by atoms with van der Waals surface area (Å²) in [5.41, 5.74) is -0.721. The maximum absolute atomic E-state index is 13.1. The summed E-state index contributed by atoms with van der Waals surface area (Å²) in [7, 11) is 0. The maximum atomic E-state index is 13.1. The highest BCUT2D eigenvalue weighted by Crippen LogP contribution is 2.31. The molecule has 8 atom stereocenters. The molecule has 0 aromatic rings. The molecule has 0 aliphatic carbocycles. The maximum Gasteiger partial charge on any atom is 0.245 e. The van der Waals surface area contributed by atoms with E-state index in [2.05, 4.69) is 10.6 Å². The van der Waals surface area contributed by atoms with Crippen LogP contribution in [-0.4, -0.2) is 81.9 Å². The van der Waals surface area contributed by atoms with Crippen molar-refractivity contribution in [2.45, 2.75) is 87.9 Å². The molecule has 0 spiro atoms. The highest BCUT2D eigenvalue weighted by Gasteiger charge is 2.47. The molecule has 1 amide bonds. The summed E-state index contributed by atoms with van der Waals surface area (Å²) < 4.78 is 32.0. The number of amides is 1. The number of carbonyl (C=O) groups excluding carboxylic acids is 1. The van der Waals surface area contributed by atoms with Crippen molar-refractivity contribution >= 4 is 17.7 Å². The van der Waals surface area contributed by atoms with Crippen LogP contribution >= 0.6 is 11.8 Å². The van der Waals surface area contributed by atoms with E-state index in [0.717, 1.165) is 6.92 Å². The van der Waals surface area contributed by atoms with Crippen molar-refractivity contribution in [1.29, 1.82) is 0 Å². The van der Waals surface area contributed by atoms with Crippen LogP contribution in [0.1, 0.15) is 40.0 Å². The van der Waals surface area contributed by atoms with Crippen LogP contribution in [0.4, 0.5) is 8.78 Å². The second kappa shape index (κ2) is 10.2. The second-order valence-electron chi connectivity index (χ2n) is 8.63. The van der Waals surface area contributed by atoms with E-state index in [4.69, 9.17) is 4.74 Å². The number of ether oxygens (including phenoxy) is 1. The van der Waals surface area contributed by atoms with Crippen molar-refractivity contribution in [2.75, 3.05) is 12.8 Å². The van der Waals surface area contributed by atoms with Crippen LogP contribution < -0.4 is 10.6 Å². The van der Waals surface area contributed by atoms with Crippen LogP contribution in [0.2, 0.25) is 0 Å². The molecule has 2 fully saturated rings. The number of nitrogens with one attached hydrogen (secondary N) is 2. The molecule has 2 rings (SSSR count). The molecule has 0 unspecified atom stereocenters. The monoisotopic (exact) mass is 440 g/mol. The van der Waals surface area contributed by atoms with E-state index >= 15 is 0 Å². The van der Waals surface area contributed by atoms with E-state index < -0.39 is 47.9 Å². The third-order valence-electron chi connectivity index (χ3n) is 5.75. The zero-order valence-electron chi connectivity index (χ0n) is 17.3. The Labute approximate surface area is 175 Å². The Morgan fingerprint density at radius 3 is 2.48 bits per heavy atom. The molecule has 7 nitrogen and oxygen atoms in total. The Morgan fingerprint density at radius 2 is 1.93 bits per heavy atom. The summed E-state index contributed by atoms with van der Waals surface area (Å²) in [5.74, 6) is -3.11. The molecule has 5 N–H and O–H groups in total. The Morgan fingerprint density at radius 1 is 1.28 bits per heavy atom. The third-order valence-corrected chi connectivity index (χ3v) is 6.60. The van der Waals surface area contributed by atoms with Crippen LogP contribution in [0.25, 0.3) is 0 Å². The normalized spacial score (nSPS) is 37.0. The first-order valence-electron chi connectivity index (χ1n) is 10.1. The molecule has 0 radical (unpaired) electrons. The van der Waals surface area contributed by atoms with Crippen molar-refractivity contribution in [3.63, 3.8) is 0 Å². The Balaban J connectivity index is 1.99. The molecule has 2 heterocycles. The van der Waals surface area contributed by atoms with E-state index in [1.807, 2.05) is 13.8 Å². The van der Waals surface area contributed by atoms with E-state index in [1.54, 1.807) is 6.26 Å². The number of aliphatic hydroxyl groups excluding tert-OH is 3. The number of carbonyl (C=O) groups is 1. The number of aliphatic hydroxyl groups is 3. The molecular formula is C19H34F2N2O5S. The molecule has 2 aliphatic heterocycles. The summed E-state index contributed by atoms with van der Waals surface area (Å²) in [6, 6.07) is -1.09. The van der Waals surface area contributed by atoms with Gasteiger partial charge >= 0.3 is 0 Å². The lowest BCUT2D eigenvalue weighted by Crippen LogP contribution is -2.64. The van der Waals surface area contributed by atoms with Gasteiger partial charge in [-0.15, -0.1) is 11.8 Å². The van der Waals surface area contributed by atoms with E-state index in [-0.39, 0.29) is 24.2 Å². The van der Waals surface area contributed by atoms with Gasteiger partial charge in [-0.3, -0.25) is 4.79 Å². The number of hydrogen-bond donors (Lipinski definition) is 5. The molecule has 170 valence electrons. The minimum Gasteiger partial charge on any atom is -0.388 e. The molecule has 2 aliphatic rings.